The van der Waals surface area contributed by atoms with Gasteiger partial charge in [-0.05, 0) is 44.0 Å². The molecular formula is C14H21N3O. The Balaban J connectivity index is 1.99. The largest absolute Gasteiger partial charge is 0.296 e. The third-order valence-electron chi connectivity index (χ3n) is 3.67. The Labute approximate surface area is 108 Å². The summed E-state index contributed by atoms with van der Waals surface area (Å²) in [4.78, 5) is 13.8. The smallest absolute Gasteiger partial charge is 0.265 e. The van der Waals surface area contributed by atoms with Gasteiger partial charge in [0.25, 0.3) is 5.91 Å². The van der Waals surface area contributed by atoms with E-state index in [1.165, 1.54) is 31.4 Å². The molecule has 1 aromatic carbocycles. The van der Waals surface area contributed by atoms with Crippen LogP contribution in [0.4, 0.5) is 0 Å². The summed E-state index contributed by atoms with van der Waals surface area (Å²) in [6.45, 7) is 4.42. The van der Waals surface area contributed by atoms with Crippen molar-refractivity contribution in [2.24, 2.45) is 5.84 Å². The zero-order chi connectivity index (χ0) is 13.0. The summed E-state index contributed by atoms with van der Waals surface area (Å²) < 4.78 is 0. The Hall–Kier alpha value is -1.39. The van der Waals surface area contributed by atoms with Crippen molar-refractivity contribution in [2.75, 3.05) is 6.54 Å². The maximum Gasteiger partial charge on any atom is 0.265 e. The molecule has 1 heterocycles. The summed E-state index contributed by atoms with van der Waals surface area (Å²) in [5.74, 6) is 4.86. The zero-order valence-corrected chi connectivity index (χ0v) is 10.9. The van der Waals surface area contributed by atoms with E-state index < -0.39 is 0 Å². The number of piperidine rings is 1. The maximum absolute atomic E-state index is 11.3. The number of hydrogen-bond acceptors (Lipinski definition) is 3. The third-order valence-corrected chi connectivity index (χ3v) is 3.67. The molecule has 1 fully saturated rings. The summed E-state index contributed by atoms with van der Waals surface area (Å²) in [6.07, 6.45) is 3.92. The molecule has 1 atom stereocenters. The van der Waals surface area contributed by atoms with Crippen molar-refractivity contribution in [3.05, 3.63) is 35.4 Å². The lowest BCUT2D eigenvalue weighted by atomic mass is 10.0. The molecule has 1 saturated heterocycles. The normalized spacial score (nSPS) is 20.7. The molecule has 1 amide bonds. The Kier molecular flexibility index (Phi) is 4.33. The van der Waals surface area contributed by atoms with Crippen LogP contribution >= 0.6 is 0 Å². The van der Waals surface area contributed by atoms with Crippen LogP contribution in [0.25, 0.3) is 0 Å². The topological polar surface area (TPSA) is 58.4 Å². The van der Waals surface area contributed by atoms with E-state index in [2.05, 4.69) is 17.2 Å². The predicted octanol–water partition coefficient (Wildman–Crippen LogP) is 1.66. The van der Waals surface area contributed by atoms with Crippen molar-refractivity contribution in [1.82, 2.24) is 10.3 Å². The molecule has 4 nitrogen and oxygen atoms in total. The fourth-order valence-corrected chi connectivity index (χ4v) is 2.47. The van der Waals surface area contributed by atoms with Gasteiger partial charge in [-0.1, -0.05) is 18.6 Å². The lowest BCUT2D eigenvalue weighted by Gasteiger charge is -2.33. The lowest BCUT2D eigenvalue weighted by molar-refractivity contribution is 0.0953. The predicted molar refractivity (Wildman–Crippen MR) is 71.8 cm³/mol. The first-order valence-electron chi connectivity index (χ1n) is 6.54. The summed E-state index contributed by atoms with van der Waals surface area (Å²) in [7, 11) is 0. The van der Waals surface area contributed by atoms with E-state index in [4.69, 9.17) is 5.84 Å². The number of nitrogens with zero attached hydrogens (tertiary/aromatic N) is 1. The molecule has 0 bridgehead atoms. The molecule has 0 radical (unpaired) electrons. The standard InChI is InChI=1S/C14H21N3O/c1-11-4-2-3-9-17(11)10-12-5-7-13(8-6-12)14(18)16-15/h5-8,11H,2-4,9-10,15H2,1H3,(H,16,18). The van der Waals surface area contributed by atoms with Gasteiger partial charge in [0.2, 0.25) is 0 Å². The Morgan fingerprint density at radius 1 is 1.39 bits per heavy atom. The molecule has 1 aromatic rings. The van der Waals surface area contributed by atoms with Crippen LogP contribution in [-0.4, -0.2) is 23.4 Å². The first kappa shape index (κ1) is 13.1. The van der Waals surface area contributed by atoms with E-state index >= 15 is 0 Å². The van der Waals surface area contributed by atoms with Crippen LogP contribution in [0, 0.1) is 0 Å². The number of benzene rings is 1. The molecule has 98 valence electrons. The fraction of sp³-hybridized carbons (Fsp3) is 0.500. The van der Waals surface area contributed by atoms with Crippen molar-refractivity contribution in [2.45, 2.75) is 38.8 Å². The van der Waals surface area contributed by atoms with Crippen LogP contribution in [0.2, 0.25) is 0 Å². The average molecular weight is 247 g/mol. The van der Waals surface area contributed by atoms with Crippen LogP contribution in [0.3, 0.4) is 0 Å². The molecule has 1 aliphatic rings. The highest BCUT2D eigenvalue weighted by atomic mass is 16.2. The van der Waals surface area contributed by atoms with Gasteiger partial charge in [0, 0.05) is 18.2 Å². The summed E-state index contributed by atoms with van der Waals surface area (Å²) in [5.41, 5.74) is 3.99. The van der Waals surface area contributed by atoms with E-state index in [0.717, 1.165) is 6.54 Å². The van der Waals surface area contributed by atoms with Gasteiger partial charge in [0.05, 0.1) is 0 Å². The monoisotopic (exact) mass is 247 g/mol. The number of rotatable bonds is 3. The number of nitrogens with one attached hydrogen (secondary N) is 1. The number of carbonyl (C=O) groups is 1. The van der Waals surface area contributed by atoms with E-state index in [1.54, 1.807) is 0 Å². The number of hydrogen-bond donors (Lipinski definition) is 2. The van der Waals surface area contributed by atoms with Crippen molar-refractivity contribution in [3.8, 4) is 0 Å². The minimum Gasteiger partial charge on any atom is -0.296 e. The lowest BCUT2D eigenvalue weighted by Crippen LogP contribution is -2.36. The van der Waals surface area contributed by atoms with Gasteiger partial charge in [-0.3, -0.25) is 15.1 Å². The molecule has 4 heteroatoms. The molecule has 1 aliphatic heterocycles. The van der Waals surface area contributed by atoms with Gasteiger partial charge in [-0.15, -0.1) is 0 Å². The molecule has 0 spiro atoms. The summed E-state index contributed by atoms with van der Waals surface area (Å²) in [5, 5.41) is 0. The highest BCUT2D eigenvalue weighted by molar-refractivity contribution is 5.93. The van der Waals surface area contributed by atoms with Crippen LogP contribution in [-0.2, 0) is 6.54 Å². The van der Waals surface area contributed by atoms with Crippen molar-refractivity contribution in [1.29, 1.82) is 0 Å². The second-order valence-electron chi connectivity index (χ2n) is 4.99. The van der Waals surface area contributed by atoms with Crippen molar-refractivity contribution in [3.63, 3.8) is 0 Å². The van der Waals surface area contributed by atoms with Crippen LogP contribution < -0.4 is 11.3 Å². The number of nitrogens with two attached hydrogens (primary N) is 1. The third kappa shape index (κ3) is 3.09. The van der Waals surface area contributed by atoms with Gasteiger partial charge in [-0.25, -0.2) is 5.84 Å². The van der Waals surface area contributed by atoms with Crippen molar-refractivity contribution < 1.29 is 4.79 Å². The van der Waals surface area contributed by atoms with E-state index in [0.29, 0.717) is 11.6 Å². The van der Waals surface area contributed by atoms with E-state index in [-0.39, 0.29) is 5.91 Å². The number of likely N-dealkylation sites (tertiary alicyclic amines) is 1. The Morgan fingerprint density at radius 3 is 2.72 bits per heavy atom. The quantitative estimate of drug-likeness (QED) is 0.485. The SMILES string of the molecule is CC1CCCCN1Cc1ccc(C(=O)NN)cc1. The molecule has 0 saturated carbocycles. The highest BCUT2D eigenvalue weighted by Crippen LogP contribution is 2.19. The van der Waals surface area contributed by atoms with E-state index in [1.807, 2.05) is 24.3 Å². The van der Waals surface area contributed by atoms with Crippen LogP contribution in [0.1, 0.15) is 42.1 Å². The zero-order valence-electron chi connectivity index (χ0n) is 10.9. The molecule has 18 heavy (non-hydrogen) atoms. The fourth-order valence-electron chi connectivity index (χ4n) is 2.47. The number of amides is 1. The first-order chi connectivity index (χ1) is 8.70. The summed E-state index contributed by atoms with van der Waals surface area (Å²) >= 11 is 0. The van der Waals surface area contributed by atoms with Gasteiger partial charge in [0.15, 0.2) is 0 Å². The number of hydrazine groups is 1. The molecule has 0 aliphatic carbocycles. The van der Waals surface area contributed by atoms with E-state index in [9.17, 15) is 4.79 Å². The second kappa shape index (κ2) is 5.98. The van der Waals surface area contributed by atoms with Crippen molar-refractivity contribution >= 4 is 5.91 Å². The van der Waals surface area contributed by atoms with Gasteiger partial charge in [-0.2, -0.15) is 0 Å². The highest BCUT2D eigenvalue weighted by Gasteiger charge is 2.18. The van der Waals surface area contributed by atoms with Gasteiger partial charge >= 0.3 is 0 Å². The molecule has 0 aromatic heterocycles. The Bertz CT molecular complexity index is 402. The Morgan fingerprint density at radius 2 is 2.11 bits per heavy atom. The number of carbonyl (C=O) groups excluding carboxylic acids is 1. The second-order valence-corrected chi connectivity index (χ2v) is 4.99. The average Bonchev–Trinajstić information content (AvgIpc) is 2.41. The number of nitrogen functional groups attached to an aromatic ring is 1. The molecular weight excluding hydrogens is 226 g/mol. The van der Waals surface area contributed by atoms with Crippen LogP contribution in [0.15, 0.2) is 24.3 Å². The maximum atomic E-state index is 11.3. The minimum absolute atomic E-state index is 0.243. The first-order valence-corrected chi connectivity index (χ1v) is 6.54. The molecule has 2 rings (SSSR count). The van der Waals surface area contributed by atoms with Gasteiger partial charge < -0.3 is 0 Å². The molecule has 3 N–H and O–H groups in total. The van der Waals surface area contributed by atoms with Crippen LogP contribution in [0.5, 0.6) is 0 Å². The molecule has 1 unspecified atom stereocenters. The summed E-state index contributed by atoms with van der Waals surface area (Å²) in [6, 6.07) is 8.32. The van der Waals surface area contributed by atoms with Gasteiger partial charge in [0.1, 0.15) is 0 Å². The minimum atomic E-state index is -0.243.